The largest absolute Gasteiger partial charge is 0.480 e. The first kappa shape index (κ1) is 12.6. The van der Waals surface area contributed by atoms with E-state index in [1.54, 1.807) is 13.3 Å². The van der Waals surface area contributed by atoms with E-state index in [-0.39, 0.29) is 5.91 Å². The molecule has 1 aromatic rings. The fourth-order valence-corrected chi connectivity index (χ4v) is 2.77. The molecule has 0 aromatic carbocycles. The van der Waals surface area contributed by atoms with Crippen molar-refractivity contribution in [1.29, 1.82) is 0 Å². The van der Waals surface area contributed by atoms with Gasteiger partial charge >= 0.3 is 0 Å². The Morgan fingerprint density at radius 1 is 1.65 bits per heavy atom. The summed E-state index contributed by atoms with van der Waals surface area (Å²) < 4.78 is 6.07. The lowest BCUT2D eigenvalue weighted by Crippen LogP contribution is -2.34. The zero-order valence-electron chi connectivity index (χ0n) is 9.94. The first-order valence-corrected chi connectivity index (χ1v) is 6.72. The van der Waals surface area contributed by atoms with Gasteiger partial charge in [-0.15, -0.1) is 0 Å². The van der Waals surface area contributed by atoms with E-state index in [4.69, 9.17) is 4.74 Å². The molecule has 0 bridgehead atoms. The second kappa shape index (κ2) is 5.20. The van der Waals surface area contributed by atoms with Crippen LogP contribution in [0.4, 0.5) is 0 Å². The predicted octanol–water partition coefficient (Wildman–Crippen LogP) is 2.32. The zero-order chi connectivity index (χ0) is 12.4. The van der Waals surface area contributed by atoms with Crippen molar-refractivity contribution in [3.63, 3.8) is 0 Å². The first-order valence-electron chi connectivity index (χ1n) is 5.64. The number of carbonyl (C=O) groups excluding carboxylic acids is 1. The number of pyridine rings is 1. The lowest BCUT2D eigenvalue weighted by Gasteiger charge is -2.22. The van der Waals surface area contributed by atoms with E-state index < -0.39 is 0 Å². The minimum absolute atomic E-state index is 0.0318. The average molecular weight is 346 g/mol. The molecule has 0 radical (unpaired) electrons. The van der Waals surface area contributed by atoms with Gasteiger partial charge in [0.25, 0.3) is 5.91 Å². The topological polar surface area (TPSA) is 42.4 Å². The van der Waals surface area contributed by atoms with Gasteiger partial charge in [0.05, 0.1) is 7.11 Å². The highest BCUT2D eigenvalue weighted by atomic mass is 127. The molecule has 17 heavy (non-hydrogen) atoms. The number of methoxy groups -OCH3 is 1. The Kier molecular flexibility index (Phi) is 3.86. The molecule has 1 aromatic heterocycles. The number of hydrogen-bond donors (Lipinski definition) is 0. The van der Waals surface area contributed by atoms with Crippen molar-refractivity contribution in [3.05, 3.63) is 21.4 Å². The van der Waals surface area contributed by atoms with Gasteiger partial charge in [-0.1, -0.05) is 0 Å². The standard InChI is InChI=1S/C12H15IN2O2/c1-8-4-3-7-15(8)12(16)10-9(13)5-6-14-11(10)17-2/h5-6,8H,3-4,7H2,1-2H3/t8-/m1/s1. The van der Waals surface area contributed by atoms with Crippen LogP contribution in [0.25, 0.3) is 0 Å². The fourth-order valence-electron chi connectivity index (χ4n) is 2.15. The van der Waals surface area contributed by atoms with E-state index in [2.05, 4.69) is 34.5 Å². The van der Waals surface area contributed by atoms with E-state index in [9.17, 15) is 4.79 Å². The summed E-state index contributed by atoms with van der Waals surface area (Å²) >= 11 is 2.15. The summed E-state index contributed by atoms with van der Waals surface area (Å²) in [5, 5.41) is 0. The van der Waals surface area contributed by atoms with Crippen LogP contribution in [0.3, 0.4) is 0 Å². The molecule has 0 N–H and O–H groups in total. The maximum atomic E-state index is 12.5. The minimum Gasteiger partial charge on any atom is -0.480 e. The predicted molar refractivity (Wildman–Crippen MR) is 73.2 cm³/mol. The van der Waals surface area contributed by atoms with Gasteiger partial charge in [0.1, 0.15) is 5.56 Å². The highest BCUT2D eigenvalue weighted by Gasteiger charge is 2.29. The number of halogens is 1. The summed E-state index contributed by atoms with van der Waals surface area (Å²) in [5.41, 5.74) is 0.587. The number of carbonyl (C=O) groups is 1. The summed E-state index contributed by atoms with van der Waals surface area (Å²) in [7, 11) is 1.54. The Hall–Kier alpha value is -0.850. The molecule has 1 fully saturated rings. The number of hydrogen-bond acceptors (Lipinski definition) is 3. The van der Waals surface area contributed by atoms with E-state index in [1.807, 2.05) is 11.0 Å². The number of aromatic nitrogens is 1. The maximum Gasteiger partial charge on any atom is 0.260 e. The van der Waals surface area contributed by atoms with E-state index in [0.29, 0.717) is 17.5 Å². The number of rotatable bonds is 2. The number of amides is 1. The van der Waals surface area contributed by atoms with Crippen molar-refractivity contribution < 1.29 is 9.53 Å². The Bertz CT molecular complexity index is 437. The van der Waals surface area contributed by atoms with Gasteiger partial charge in [-0.05, 0) is 48.4 Å². The highest BCUT2D eigenvalue weighted by Crippen LogP contribution is 2.26. The Morgan fingerprint density at radius 2 is 2.41 bits per heavy atom. The molecule has 2 rings (SSSR count). The van der Waals surface area contributed by atoms with Crippen molar-refractivity contribution in [2.24, 2.45) is 0 Å². The van der Waals surface area contributed by atoms with Gasteiger partial charge in [-0.3, -0.25) is 4.79 Å². The molecule has 0 aliphatic carbocycles. The van der Waals surface area contributed by atoms with Gasteiger partial charge in [-0.2, -0.15) is 0 Å². The maximum absolute atomic E-state index is 12.5. The second-order valence-electron chi connectivity index (χ2n) is 4.17. The van der Waals surface area contributed by atoms with Crippen molar-refractivity contribution in [2.45, 2.75) is 25.8 Å². The van der Waals surface area contributed by atoms with Gasteiger partial charge in [-0.25, -0.2) is 4.98 Å². The third-order valence-corrected chi connectivity index (χ3v) is 3.99. The molecule has 0 saturated carbocycles. The van der Waals surface area contributed by atoms with Gasteiger partial charge in [0.2, 0.25) is 5.88 Å². The Labute approximate surface area is 114 Å². The summed E-state index contributed by atoms with van der Waals surface area (Å²) in [6.45, 7) is 2.91. The van der Waals surface area contributed by atoms with E-state index in [1.165, 1.54) is 0 Å². The lowest BCUT2D eigenvalue weighted by atomic mass is 10.2. The van der Waals surface area contributed by atoms with Crippen LogP contribution in [0.5, 0.6) is 5.88 Å². The van der Waals surface area contributed by atoms with Crippen LogP contribution in [0.15, 0.2) is 12.3 Å². The fraction of sp³-hybridized carbons (Fsp3) is 0.500. The first-order chi connectivity index (χ1) is 8.15. The zero-order valence-corrected chi connectivity index (χ0v) is 12.1. The molecule has 5 heteroatoms. The number of likely N-dealkylation sites (tertiary alicyclic amines) is 1. The quantitative estimate of drug-likeness (QED) is 0.772. The smallest absolute Gasteiger partial charge is 0.260 e. The Morgan fingerprint density at radius 3 is 3.00 bits per heavy atom. The summed E-state index contributed by atoms with van der Waals surface area (Å²) in [6, 6.07) is 2.14. The van der Waals surface area contributed by atoms with Crippen LogP contribution >= 0.6 is 22.6 Å². The van der Waals surface area contributed by atoms with Crippen molar-refractivity contribution in [3.8, 4) is 5.88 Å². The highest BCUT2D eigenvalue weighted by molar-refractivity contribution is 14.1. The van der Waals surface area contributed by atoms with E-state index in [0.717, 1.165) is 23.0 Å². The van der Waals surface area contributed by atoms with Gasteiger partial charge in [0, 0.05) is 22.4 Å². The molecular formula is C12H15IN2O2. The number of ether oxygens (including phenoxy) is 1. The molecule has 92 valence electrons. The Balaban J connectivity index is 2.36. The van der Waals surface area contributed by atoms with Crippen LogP contribution in [-0.4, -0.2) is 35.5 Å². The molecule has 1 aliphatic heterocycles. The van der Waals surface area contributed by atoms with E-state index >= 15 is 0 Å². The van der Waals surface area contributed by atoms with Crippen LogP contribution in [0.1, 0.15) is 30.1 Å². The average Bonchev–Trinajstić information content (AvgIpc) is 2.74. The molecule has 1 amide bonds. The van der Waals surface area contributed by atoms with Crippen LogP contribution < -0.4 is 4.74 Å². The number of nitrogens with zero attached hydrogens (tertiary/aromatic N) is 2. The minimum atomic E-state index is 0.0318. The summed E-state index contributed by atoms with van der Waals surface area (Å²) in [4.78, 5) is 18.5. The molecule has 1 aliphatic rings. The summed E-state index contributed by atoms with van der Waals surface area (Å²) in [5.74, 6) is 0.449. The molecular weight excluding hydrogens is 331 g/mol. The second-order valence-corrected chi connectivity index (χ2v) is 5.33. The van der Waals surface area contributed by atoms with Crippen molar-refractivity contribution in [1.82, 2.24) is 9.88 Å². The lowest BCUT2D eigenvalue weighted by molar-refractivity contribution is 0.0742. The molecule has 2 heterocycles. The molecule has 4 nitrogen and oxygen atoms in total. The monoisotopic (exact) mass is 346 g/mol. The third kappa shape index (κ3) is 2.38. The normalized spacial score (nSPS) is 19.5. The van der Waals surface area contributed by atoms with Crippen molar-refractivity contribution in [2.75, 3.05) is 13.7 Å². The molecule has 0 unspecified atom stereocenters. The van der Waals surface area contributed by atoms with Gasteiger partial charge in [0.15, 0.2) is 0 Å². The van der Waals surface area contributed by atoms with Gasteiger partial charge < -0.3 is 9.64 Å². The van der Waals surface area contributed by atoms with Crippen LogP contribution in [-0.2, 0) is 0 Å². The van der Waals surface area contributed by atoms with Crippen molar-refractivity contribution >= 4 is 28.5 Å². The van der Waals surface area contributed by atoms with Crippen LogP contribution in [0.2, 0.25) is 0 Å². The molecule has 0 spiro atoms. The SMILES string of the molecule is COc1nccc(I)c1C(=O)N1CCC[C@H]1C. The van der Waals surface area contributed by atoms with Crippen LogP contribution in [0, 0.1) is 3.57 Å². The summed E-state index contributed by atoms with van der Waals surface area (Å²) in [6.07, 6.45) is 3.81. The third-order valence-electron chi connectivity index (χ3n) is 3.09. The molecule has 1 saturated heterocycles. The molecule has 1 atom stereocenters.